The van der Waals surface area contributed by atoms with Crippen LogP contribution in [0.15, 0.2) is 152 Å². The molecule has 0 unspecified atom stereocenters. The van der Waals surface area contributed by atoms with Crippen LogP contribution in [0.4, 0.5) is 0 Å². The van der Waals surface area contributed by atoms with E-state index in [-0.39, 0.29) is 5.41 Å². The predicted octanol–water partition coefficient (Wildman–Crippen LogP) is 11.2. The number of rotatable bonds is 4. The van der Waals surface area contributed by atoms with Gasteiger partial charge >= 0.3 is 0 Å². The second-order valence-electron chi connectivity index (χ2n) is 12.9. The van der Waals surface area contributed by atoms with Gasteiger partial charge in [-0.2, -0.15) is 0 Å². The summed E-state index contributed by atoms with van der Waals surface area (Å²) in [4.78, 5) is 14.6. The fourth-order valence-corrected chi connectivity index (χ4v) is 7.35. The van der Waals surface area contributed by atoms with Crippen LogP contribution >= 0.6 is 0 Å². The highest BCUT2D eigenvalue weighted by molar-refractivity contribution is 6.10. The minimum absolute atomic E-state index is 0.0181. The molecule has 8 aromatic rings. The van der Waals surface area contributed by atoms with E-state index in [0.29, 0.717) is 5.82 Å². The van der Waals surface area contributed by atoms with Gasteiger partial charge in [-0.15, -0.1) is 0 Å². The summed E-state index contributed by atoms with van der Waals surface area (Å²) in [5, 5.41) is 4.99. The summed E-state index contributed by atoms with van der Waals surface area (Å²) in [5.74, 6) is 0.703. The van der Waals surface area contributed by atoms with Crippen molar-refractivity contribution < 1.29 is 0 Å². The molecule has 1 aliphatic rings. The topological polar surface area (TPSA) is 38.7 Å². The van der Waals surface area contributed by atoms with Crippen LogP contribution in [0.25, 0.3) is 77.7 Å². The summed E-state index contributed by atoms with van der Waals surface area (Å²) < 4.78 is 0. The van der Waals surface area contributed by atoms with E-state index in [9.17, 15) is 0 Å². The summed E-state index contributed by atoms with van der Waals surface area (Å²) in [6, 6.07) is 49.7. The van der Waals surface area contributed by atoms with Gasteiger partial charge in [-0.05, 0) is 79.7 Å². The first-order valence-electron chi connectivity index (χ1n) is 16.1. The van der Waals surface area contributed by atoms with Crippen LogP contribution < -0.4 is 0 Å². The minimum Gasteiger partial charge on any atom is -0.264 e. The van der Waals surface area contributed by atoms with E-state index in [1.165, 1.54) is 43.8 Å². The number of aromatic nitrogens is 3. The fourth-order valence-electron chi connectivity index (χ4n) is 7.35. The Morgan fingerprint density at radius 1 is 0.447 bits per heavy atom. The standard InChI is InChI=1S/C44H31N3/c1-44(2)39-17-9-8-15-35(39)38-25-37-30(24-40(38)44)19-18-29-23-31(20-21-34(29)37)41-26-42(47-43(46-41)28-11-4-3-5-12-28)36-16-7-6-14-33(36)32-13-10-22-45-27-32/h3-27H,1-2H3. The Kier molecular flexibility index (Phi) is 6.16. The van der Waals surface area contributed by atoms with E-state index in [1.807, 2.05) is 30.5 Å². The van der Waals surface area contributed by atoms with Crippen molar-refractivity contribution in [1.82, 2.24) is 15.0 Å². The highest BCUT2D eigenvalue weighted by atomic mass is 14.9. The molecule has 0 radical (unpaired) electrons. The molecular weight excluding hydrogens is 571 g/mol. The van der Waals surface area contributed by atoms with E-state index < -0.39 is 0 Å². The normalized spacial score (nSPS) is 13.1. The molecule has 47 heavy (non-hydrogen) atoms. The zero-order valence-corrected chi connectivity index (χ0v) is 26.3. The summed E-state index contributed by atoms with van der Waals surface area (Å²) in [6.07, 6.45) is 3.71. The maximum absolute atomic E-state index is 5.14. The number of nitrogens with zero attached hydrogens (tertiary/aromatic N) is 3. The van der Waals surface area contributed by atoms with Crippen molar-refractivity contribution in [1.29, 1.82) is 0 Å². The van der Waals surface area contributed by atoms with Crippen LogP contribution in [0.1, 0.15) is 25.0 Å². The zero-order chi connectivity index (χ0) is 31.5. The van der Waals surface area contributed by atoms with Gasteiger partial charge in [-0.1, -0.05) is 123 Å². The van der Waals surface area contributed by atoms with Gasteiger partial charge in [-0.25, -0.2) is 9.97 Å². The van der Waals surface area contributed by atoms with Gasteiger partial charge in [0.15, 0.2) is 5.82 Å². The molecule has 0 aliphatic heterocycles. The van der Waals surface area contributed by atoms with Crippen LogP contribution in [-0.2, 0) is 5.41 Å². The Balaban J connectivity index is 1.22. The van der Waals surface area contributed by atoms with E-state index in [2.05, 4.69) is 134 Å². The Bertz CT molecular complexity index is 2480. The van der Waals surface area contributed by atoms with Gasteiger partial charge < -0.3 is 0 Å². The first-order valence-corrected chi connectivity index (χ1v) is 16.1. The van der Waals surface area contributed by atoms with Gasteiger partial charge in [0.05, 0.1) is 11.4 Å². The molecule has 6 aromatic carbocycles. The highest BCUT2D eigenvalue weighted by Gasteiger charge is 2.35. The molecule has 0 saturated heterocycles. The van der Waals surface area contributed by atoms with Crippen LogP contribution in [0.3, 0.4) is 0 Å². The van der Waals surface area contributed by atoms with Crippen molar-refractivity contribution in [3.05, 3.63) is 163 Å². The van der Waals surface area contributed by atoms with Crippen molar-refractivity contribution in [2.24, 2.45) is 0 Å². The first-order chi connectivity index (χ1) is 23.0. The Morgan fingerprint density at radius 3 is 1.96 bits per heavy atom. The van der Waals surface area contributed by atoms with E-state index in [1.54, 1.807) is 6.20 Å². The summed E-state index contributed by atoms with van der Waals surface area (Å²) in [5.41, 5.74) is 12.5. The fraction of sp³-hybridized carbons (Fsp3) is 0.0682. The summed E-state index contributed by atoms with van der Waals surface area (Å²) >= 11 is 0. The average Bonchev–Trinajstić information content (AvgIpc) is 3.36. The van der Waals surface area contributed by atoms with Gasteiger partial charge in [0.1, 0.15) is 0 Å². The zero-order valence-electron chi connectivity index (χ0n) is 26.3. The number of hydrogen-bond acceptors (Lipinski definition) is 3. The summed E-state index contributed by atoms with van der Waals surface area (Å²) in [7, 11) is 0. The van der Waals surface area contributed by atoms with Crippen molar-refractivity contribution in [2.45, 2.75) is 19.3 Å². The molecule has 9 rings (SSSR count). The van der Waals surface area contributed by atoms with Gasteiger partial charge in [0.2, 0.25) is 0 Å². The Labute approximate surface area is 274 Å². The monoisotopic (exact) mass is 601 g/mol. The third-order valence-electron chi connectivity index (χ3n) is 9.77. The summed E-state index contributed by atoms with van der Waals surface area (Å²) in [6.45, 7) is 4.68. The molecule has 0 N–H and O–H groups in total. The lowest BCUT2D eigenvalue weighted by Crippen LogP contribution is -2.14. The van der Waals surface area contributed by atoms with Crippen LogP contribution in [0.5, 0.6) is 0 Å². The molecule has 2 aromatic heterocycles. The average molecular weight is 602 g/mol. The van der Waals surface area contributed by atoms with Crippen molar-refractivity contribution >= 4 is 21.5 Å². The molecule has 3 nitrogen and oxygen atoms in total. The number of pyridine rings is 1. The van der Waals surface area contributed by atoms with E-state index in [0.717, 1.165) is 39.2 Å². The SMILES string of the molecule is CC1(C)c2ccccc2-c2cc3c(ccc4cc(-c5cc(-c6ccccc6-c6cccnc6)nc(-c6ccccc6)n5)ccc43)cc21. The lowest BCUT2D eigenvalue weighted by molar-refractivity contribution is 0.661. The molecule has 1 aliphatic carbocycles. The smallest absolute Gasteiger partial charge is 0.160 e. The molecule has 0 bridgehead atoms. The number of fused-ring (bicyclic) bond motifs is 6. The van der Waals surface area contributed by atoms with Crippen LogP contribution in [-0.4, -0.2) is 15.0 Å². The van der Waals surface area contributed by atoms with Crippen molar-refractivity contribution in [3.63, 3.8) is 0 Å². The predicted molar refractivity (Wildman–Crippen MR) is 194 cm³/mol. The quantitative estimate of drug-likeness (QED) is 0.188. The van der Waals surface area contributed by atoms with Crippen LogP contribution in [0.2, 0.25) is 0 Å². The molecule has 0 spiro atoms. The maximum atomic E-state index is 5.14. The van der Waals surface area contributed by atoms with Gasteiger partial charge in [-0.3, -0.25) is 4.98 Å². The second kappa shape index (κ2) is 10.6. The van der Waals surface area contributed by atoms with E-state index in [4.69, 9.17) is 9.97 Å². The minimum atomic E-state index is -0.0181. The first kappa shape index (κ1) is 27.4. The van der Waals surface area contributed by atoms with Crippen molar-refractivity contribution in [3.8, 4) is 56.2 Å². The molecule has 222 valence electrons. The lowest BCUT2D eigenvalue weighted by Gasteiger charge is -2.21. The maximum Gasteiger partial charge on any atom is 0.160 e. The second-order valence-corrected chi connectivity index (χ2v) is 12.9. The Hall–Kier alpha value is -5.93. The Morgan fingerprint density at radius 2 is 1.15 bits per heavy atom. The molecule has 0 fully saturated rings. The largest absolute Gasteiger partial charge is 0.264 e. The van der Waals surface area contributed by atoms with Crippen LogP contribution in [0, 0.1) is 0 Å². The van der Waals surface area contributed by atoms with Gasteiger partial charge in [0, 0.05) is 40.1 Å². The van der Waals surface area contributed by atoms with Crippen molar-refractivity contribution in [2.75, 3.05) is 0 Å². The molecular formula is C44H31N3. The molecule has 3 heteroatoms. The number of hydrogen-bond donors (Lipinski definition) is 0. The highest BCUT2D eigenvalue weighted by Crippen LogP contribution is 2.50. The number of benzene rings is 6. The third kappa shape index (κ3) is 4.46. The van der Waals surface area contributed by atoms with E-state index >= 15 is 0 Å². The third-order valence-corrected chi connectivity index (χ3v) is 9.77. The lowest BCUT2D eigenvalue weighted by atomic mass is 9.81. The van der Waals surface area contributed by atoms with Gasteiger partial charge in [0.25, 0.3) is 0 Å². The molecule has 0 atom stereocenters. The molecule has 0 saturated carbocycles. The molecule has 2 heterocycles. The molecule has 0 amide bonds.